The van der Waals surface area contributed by atoms with E-state index in [1.165, 1.54) is 40.3 Å². The number of benzene rings is 2. The van der Waals surface area contributed by atoms with E-state index in [-0.39, 0.29) is 9.79 Å². The maximum atomic E-state index is 12.6. The molecule has 1 aliphatic heterocycles. The van der Waals surface area contributed by atoms with E-state index >= 15 is 0 Å². The van der Waals surface area contributed by atoms with Crippen molar-refractivity contribution in [1.82, 2.24) is 4.31 Å². The topological polar surface area (TPSA) is 83.5 Å². The fourth-order valence-electron chi connectivity index (χ4n) is 2.80. The molecule has 9 heteroatoms. The van der Waals surface area contributed by atoms with Crippen molar-refractivity contribution in [2.75, 3.05) is 24.1 Å². The van der Waals surface area contributed by atoms with Crippen molar-refractivity contribution in [3.8, 4) is 0 Å². The molecule has 3 rings (SSSR count). The van der Waals surface area contributed by atoms with Crippen molar-refractivity contribution in [3.05, 3.63) is 48.5 Å². The number of thioether (sulfide) groups is 1. The molecule has 0 aromatic heterocycles. The molecule has 0 unspecified atom stereocenters. The molecule has 6 nitrogen and oxygen atoms in total. The number of sulfonamides is 2. The molecule has 2 aromatic rings. The molecular formula is C17H20N2O4S3. The summed E-state index contributed by atoms with van der Waals surface area (Å²) in [5.74, 6) is 0. The molecule has 0 aliphatic carbocycles. The largest absolute Gasteiger partial charge is 0.278 e. The molecule has 0 radical (unpaired) electrons. The number of nitrogens with zero attached hydrogens (tertiary/aromatic N) is 1. The van der Waals surface area contributed by atoms with Crippen LogP contribution < -0.4 is 4.72 Å². The molecule has 2 aromatic carbocycles. The highest BCUT2D eigenvalue weighted by atomic mass is 32.2. The van der Waals surface area contributed by atoms with Gasteiger partial charge in [-0.2, -0.15) is 4.31 Å². The average Bonchev–Trinajstić information content (AvgIpc) is 3.17. The third kappa shape index (κ3) is 3.90. The molecule has 0 atom stereocenters. The van der Waals surface area contributed by atoms with Gasteiger partial charge < -0.3 is 0 Å². The Labute approximate surface area is 158 Å². The van der Waals surface area contributed by atoms with Gasteiger partial charge in [0.2, 0.25) is 10.0 Å². The highest BCUT2D eigenvalue weighted by Crippen LogP contribution is 2.28. The van der Waals surface area contributed by atoms with Crippen LogP contribution in [-0.2, 0) is 20.0 Å². The van der Waals surface area contributed by atoms with Gasteiger partial charge in [-0.3, -0.25) is 4.72 Å². The Kier molecular flexibility index (Phi) is 5.61. The number of hydrogen-bond donors (Lipinski definition) is 1. The van der Waals surface area contributed by atoms with Gasteiger partial charge in [-0.05, 0) is 55.5 Å². The lowest BCUT2D eigenvalue weighted by atomic mass is 10.3. The molecule has 1 saturated heterocycles. The predicted molar refractivity (Wildman–Crippen MR) is 103 cm³/mol. The first-order chi connectivity index (χ1) is 12.3. The number of nitrogens with one attached hydrogen (secondary N) is 1. The van der Waals surface area contributed by atoms with Crippen LogP contribution in [0.15, 0.2) is 63.2 Å². The Morgan fingerprint density at radius 3 is 2.08 bits per heavy atom. The van der Waals surface area contributed by atoms with Gasteiger partial charge in [0.05, 0.1) is 15.5 Å². The van der Waals surface area contributed by atoms with Crippen molar-refractivity contribution in [3.63, 3.8) is 0 Å². The summed E-state index contributed by atoms with van der Waals surface area (Å²) >= 11 is 1.44. The van der Waals surface area contributed by atoms with Crippen LogP contribution in [0.1, 0.15) is 12.8 Å². The first-order valence-electron chi connectivity index (χ1n) is 8.11. The van der Waals surface area contributed by atoms with Crippen LogP contribution in [0.5, 0.6) is 0 Å². The Balaban J connectivity index is 1.85. The molecule has 1 N–H and O–H groups in total. The van der Waals surface area contributed by atoms with Crippen molar-refractivity contribution in [2.24, 2.45) is 0 Å². The maximum Gasteiger partial charge on any atom is 0.261 e. The van der Waals surface area contributed by atoms with Gasteiger partial charge >= 0.3 is 0 Å². The van der Waals surface area contributed by atoms with Crippen molar-refractivity contribution in [2.45, 2.75) is 27.5 Å². The molecule has 1 fully saturated rings. The first kappa shape index (κ1) is 19.2. The summed E-state index contributed by atoms with van der Waals surface area (Å²) < 4.78 is 54.3. The lowest BCUT2D eigenvalue weighted by molar-refractivity contribution is 0.477. The summed E-state index contributed by atoms with van der Waals surface area (Å²) in [6, 6.07) is 12.5. The highest BCUT2D eigenvalue weighted by molar-refractivity contribution is 7.99. The lowest BCUT2D eigenvalue weighted by Crippen LogP contribution is -2.27. The summed E-state index contributed by atoms with van der Waals surface area (Å²) in [6.45, 7) is 1.02. The van der Waals surface area contributed by atoms with Gasteiger partial charge in [0.15, 0.2) is 0 Å². The van der Waals surface area contributed by atoms with E-state index < -0.39 is 20.0 Å². The zero-order valence-corrected chi connectivity index (χ0v) is 16.7. The molecule has 1 aliphatic rings. The summed E-state index contributed by atoms with van der Waals surface area (Å²) in [5, 5.41) is 0. The Morgan fingerprint density at radius 2 is 1.46 bits per heavy atom. The molecule has 0 amide bonds. The molecule has 26 heavy (non-hydrogen) atoms. The minimum atomic E-state index is -3.80. The standard InChI is InChI=1S/C17H20N2O4S3/c1-24-17-7-3-2-6-16(17)18-25(20,21)14-8-10-15(11-9-14)26(22,23)19-12-4-5-13-19/h2-3,6-11,18H,4-5,12-13H2,1H3. The fourth-order valence-corrected chi connectivity index (χ4v) is 6.02. The van der Waals surface area contributed by atoms with Crippen LogP contribution in [0.4, 0.5) is 5.69 Å². The molecule has 0 bridgehead atoms. The van der Waals surface area contributed by atoms with Gasteiger partial charge in [0, 0.05) is 18.0 Å². The predicted octanol–water partition coefficient (Wildman–Crippen LogP) is 2.99. The van der Waals surface area contributed by atoms with Crippen molar-refractivity contribution >= 4 is 37.5 Å². The second-order valence-corrected chi connectivity index (χ2v) is 10.4. The van der Waals surface area contributed by atoms with Gasteiger partial charge in [-0.1, -0.05) is 12.1 Å². The summed E-state index contributed by atoms with van der Waals surface area (Å²) in [5.41, 5.74) is 0.494. The normalized spacial score (nSPS) is 15.9. The van der Waals surface area contributed by atoms with E-state index in [4.69, 9.17) is 0 Å². The smallest absolute Gasteiger partial charge is 0.261 e. The van der Waals surface area contributed by atoms with Gasteiger partial charge in [0.25, 0.3) is 10.0 Å². The fraction of sp³-hybridized carbons (Fsp3) is 0.294. The first-order valence-corrected chi connectivity index (χ1v) is 12.3. The van der Waals surface area contributed by atoms with Crippen LogP contribution in [0.3, 0.4) is 0 Å². The third-order valence-corrected chi connectivity index (χ3v) is 8.28. The zero-order chi connectivity index (χ0) is 18.8. The number of hydrogen-bond acceptors (Lipinski definition) is 5. The summed E-state index contributed by atoms with van der Waals surface area (Å²) in [6.07, 6.45) is 3.57. The van der Waals surface area contributed by atoms with Crippen LogP contribution in [0.2, 0.25) is 0 Å². The van der Waals surface area contributed by atoms with Gasteiger partial charge in [-0.15, -0.1) is 11.8 Å². The maximum absolute atomic E-state index is 12.6. The SMILES string of the molecule is CSc1ccccc1NS(=O)(=O)c1ccc(S(=O)(=O)N2CCCC2)cc1. The van der Waals surface area contributed by atoms with Crippen LogP contribution in [0, 0.1) is 0 Å². The minimum Gasteiger partial charge on any atom is -0.278 e. The number of anilines is 1. The second kappa shape index (κ2) is 7.59. The third-order valence-electron chi connectivity index (χ3n) is 4.19. The molecule has 0 saturated carbocycles. The Hall–Kier alpha value is -1.55. The zero-order valence-electron chi connectivity index (χ0n) is 14.3. The quantitative estimate of drug-likeness (QED) is 0.738. The van der Waals surface area contributed by atoms with Gasteiger partial charge in [0.1, 0.15) is 0 Å². The molecule has 1 heterocycles. The monoisotopic (exact) mass is 412 g/mol. The Morgan fingerprint density at radius 1 is 0.885 bits per heavy atom. The van der Waals surface area contributed by atoms with E-state index in [0.717, 1.165) is 17.7 Å². The average molecular weight is 413 g/mol. The number of rotatable bonds is 6. The van der Waals surface area contributed by atoms with E-state index in [1.54, 1.807) is 12.1 Å². The van der Waals surface area contributed by atoms with Crippen molar-refractivity contribution < 1.29 is 16.8 Å². The summed E-state index contributed by atoms with van der Waals surface area (Å²) in [7, 11) is -7.35. The van der Waals surface area contributed by atoms with Crippen LogP contribution >= 0.6 is 11.8 Å². The van der Waals surface area contributed by atoms with Crippen LogP contribution in [-0.4, -0.2) is 40.5 Å². The lowest BCUT2D eigenvalue weighted by Gasteiger charge is -2.16. The second-order valence-electron chi connectivity index (χ2n) is 5.89. The molecule has 0 spiro atoms. The van der Waals surface area contributed by atoms with Gasteiger partial charge in [-0.25, -0.2) is 16.8 Å². The minimum absolute atomic E-state index is 0.0220. The Bertz CT molecular complexity index is 981. The molecular weight excluding hydrogens is 392 g/mol. The number of para-hydroxylation sites is 1. The van der Waals surface area contributed by atoms with E-state index in [1.807, 2.05) is 18.4 Å². The summed E-state index contributed by atoms with van der Waals surface area (Å²) in [4.78, 5) is 0.945. The van der Waals surface area contributed by atoms with Crippen molar-refractivity contribution in [1.29, 1.82) is 0 Å². The van der Waals surface area contributed by atoms with E-state index in [0.29, 0.717) is 18.8 Å². The van der Waals surface area contributed by atoms with Crippen LogP contribution in [0.25, 0.3) is 0 Å². The highest BCUT2D eigenvalue weighted by Gasteiger charge is 2.27. The van der Waals surface area contributed by atoms with E-state index in [2.05, 4.69) is 4.72 Å². The molecule has 140 valence electrons. The van der Waals surface area contributed by atoms with E-state index in [9.17, 15) is 16.8 Å².